The topological polar surface area (TPSA) is 66.6 Å². The molecular formula is C19H30ClN3O2. The normalized spacial score (nSPS) is 16.6. The summed E-state index contributed by atoms with van der Waals surface area (Å²) >= 11 is 0. The first kappa shape index (κ1) is 21.5. The number of halogens is 1. The molecule has 1 atom stereocenters. The second kappa shape index (κ2) is 11.1. The molecule has 1 aromatic carbocycles. The Bertz CT molecular complexity index is 539. The molecule has 25 heavy (non-hydrogen) atoms. The Labute approximate surface area is 157 Å². The van der Waals surface area contributed by atoms with Crippen LogP contribution in [0.1, 0.15) is 45.4 Å². The van der Waals surface area contributed by atoms with Crippen LogP contribution in [-0.2, 0) is 9.59 Å². The molecule has 1 aliphatic rings. The maximum Gasteiger partial charge on any atom is 0.249 e. The molecule has 1 heterocycles. The quantitative estimate of drug-likeness (QED) is 0.682. The Balaban J connectivity index is 0.00000312. The lowest BCUT2D eigenvalue weighted by Crippen LogP contribution is -2.45. The number of likely N-dealkylation sites (N-methyl/N-ethyl adjacent to an activating group) is 1. The fraction of sp³-hybridized carbons (Fsp3) is 0.579. The molecule has 2 rings (SSSR count). The number of amides is 2. The van der Waals surface area contributed by atoms with Gasteiger partial charge >= 0.3 is 0 Å². The first-order valence-corrected chi connectivity index (χ1v) is 9.05. The van der Waals surface area contributed by atoms with E-state index in [1.165, 1.54) is 0 Å². The number of unbranched alkanes of at least 4 members (excludes halogenated alkanes) is 3. The number of para-hydroxylation sites is 1. The third-order valence-corrected chi connectivity index (χ3v) is 4.63. The third-order valence-electron chi connectivity index (χ3n) is 4.63. The largest absolute Gasteiger partial charge is 0.331 e. The van der Waals surface area contributed by atoms with Crippen molar-refractivity contribution < 1.29 is 9.59 Å². The number of rotatable bonds is 9. The number of nitrogens with zero attached hydrogens (tertiary/aromatic N) is 2. The molecule has 6 heteroatoms. The highest BCUT2D eigenvalue weighted by atomic mass is 35.5. The summed E-state index contributed by atoms with van der Waals surface area (Å²) in [5.41, 5.74) is 6.39. The maximum atomic E-state index is 12.7. The number of anilines is 1. The van der Waals surface area contributed by atoms with Gasteiger partial charge in [-0.25, -0.2) is 0 Å². The van der Waals surface area contributed by atoms with E-state index in [1.54, 1.807) is 9.80 Å². The van der Waals surface area contributed by atoms with Crippen molar-refractivity contribution in [2.45, 2.75) is 51.5 Å². The minimum atomic E-state index is -0.313. The highest BCUT2D eigenvalue weighted by molar-refractivity contribution is 6.01. The summed E-state index contributed by atoms with van der Waals surface area (Å²) < 4.78 is 0. The molecule has 140 valence electrons. The van der Waals surface area contributed by atoms with E-state index in [4.69, 9.17) is 5.73 Å². The van der Waals surface area contributed by atoms with Crippen LogP contribution in [0.5, 0.6) is 0 Å². The number of hydrogen-bond acceptors (Lipinski definition) is 3. The van der Waals surface area contributed by atoms with E-state index >= 15 is 0 Å². The summed E-state index contributed by atoms with van der Waals surface area (Å²) in [5, 5.41) is 0. The van der Waals surface area contributed by atoms with Gasteiger partial charge in [0.15, 0.2) is 0 Å². The van der Waals surface area contributed by atoms with Crippen molar-refractivity contribution in [3.8, 4) is 0 Å². The van der Waals surface area contributed by atoms with E-state index < -0.39 is 0 Å². The number of nitrogens with two attached hydrogens (primary N) is 1. The van der Waals surface area contributed by atoms with Crippen molar-refractivity contribution in [2.75, 3.05) is 24.5 Å². The zero-order chi connectivity index (χ0) is 17.4. The molecular weight excluding hydrogens is 338 g/mol. The predicted molar refractivity (Wildman–Crippen MR) is 104 cm³/mol. The number of carbonyl (C=O) groups excluding carboxylic acids is 2. The minimum absolute atomic E-state index is 0. The van der Waals surface area contributed by atoms with Gasteiger partial charge in [0.25, 0.3) is 0 Å². The van der Waals surface area contributed by atoms with Crippen LogP contribution in [0.15, 0.2) is 30.3 Å². The monoisotopic (exact) mass is 367 g/mol. The number of carbonyl (C=O) groups is 2. The smallest absolute Gasteiger partial charge is 0.249 e. The number of hydrogen-bond donors (Lipinski definition) is 1. The lowest BCUT2D eigenvalue weighted by Gasteiger charge is -2.27. The lowest BCUT2D eigenvalue weighted by molar-refractivity contribution is -0.138. The molecule has 2 amide bonds. The molecule has 2 N–H and O–H groups in total. The second-order valence-electron chi connectivity index (χ2n) is 6.26. The predicted octanol–water partition coefficient (Wildman–Crippen LogP) is 2.97. The van der Waals surface area contributed by atoms with Crippen molar-refractivity contribution in [1.29, 1.82) is 0 Å². The summed E-state index contributed by atoms with van der Waals surface area (Å²) in [6.45, 7) is 3.92. The SMILES string of the molecule is CCN(C(=O)CCCCCCN)C1CCN(c2ccccc2)C1=O.Cl. The second-order valence-corrected chi connectivity index (χ2v) is 6.26. The van der Waals surface area contributed by atoms with Gasteiger partial charge in [0, 0.05) is 25.2 Å². The van der Waals surface area contributed by atoms with Crippen LogP contribution in [0.2, 0.25) is 0 Å². The Morgan fingerprint density at radius 2 is 1.88 bits per heavy atom. The third kappa shape index (κ3) is 5.72. The van der Waals surface area contributed by atoms with Crippen molar-refractivity contribution in [3.63, 3.8) is 0 Å². The fourth-order valence-electron chi connectivity index (χ4n) is 3.31. The van der Waals surface area contributed by atoms with Gasteiger partial charge < -0.3 is 15.5 Å². The molecule has 0 aliphatic carbocycles. The standard InChI is InChI=1S/C19H29N3O2.ClH/c1-2-21(18(23)12-8-3-4-9-14-20)17-13-15-22(19(17)24)16-10-6-5-7-11-16;/h5-7,10-11,17H,2-4,8-9,12-15,20H2,1H3;1H. The lowest BCUT2D eigenvalue weighted by atomic mass is 10.1. The summed E-state index contributed by atoms with van der Waals surface area (Å²) in [7, 11) is 0. The summed E-state index contributed by atoms with van der Waals surface area (Å²) in [6, 6.07) is 9.37. The van der Waals surface area contributed by atoms with E-state index in [9.17, 15) is 9.59 Å². The van der Waals surface area contributed by atoms with E-state index in [1.807, 2.05) is 37.3 Å². The van der Waals surface area contributed by atoms with Gasteiger partial charge in [0.2, 0.25) is 11.8 Å². The highest BCUT2D eigenvalue weighted by Gasteiger charge is 2.37. The van der Waals surface area contributed by atoms with Crippen LogP contribution >= 0.6 is 12.4 Å². The first-order valence-electron chi connectivity index (χ1n) is 9.05. The maximum absolute atomic E-state index is 12.7. The molecule has 1 aromatic rings. The molecule has 0 spiro atoms. The van der Waals surface area contributed by atoms with Crippen LogP contribution in [-0.4, -0.2) is 42.4 Å². The van der Waals surface area contributed by atoms with Crippen LogP contribution in [0.25, 0.3) is 0 Å². The van der Waals surface area contributed by atoms with E-state index in [0.29, 0.717) is 32.5 Å². The molecule has 1 unspecified atom stereocenters. The Hall–Kier alpha value is -1.59. The van der Waals surface area contributed by atoms with Gasteiger partial charge in [-0.05, 0) is 44.9 Å². The molecule has 1 saturated heterocycles. The van der Waals surface area contributed by atoms with E-state index in [-0.39, 0.29) is 30.3 Å². The molecule has 0 radical (unpaired) electrons. The molecule has 0 aromatic heterocycles. The van der Waals surface area contributed by atoms with Gasteiger partial charge in [0.1, 0.15) is 6.04 Å². The van der Waals surface area contributed by atoms with Crippen molar-refractivity contribution in [2.24, 2.45) is 5.73 Å². The Kier molecular flexibility index (Phi) is 9.53. The van der Waals surface area contributed by atoms with Gasteiger partial charge in [0.05, 0.1) is 0 Å². The average molecular weight is 368 g/mol. The zero-order valence-corrected chi connectivity index (χ0v) is 15.8. The molecule has 5 nitrogen and oxygen atoms in total. The zero-order valence-electron chi connectivity index (χ0n) is 15.0. The summed E-state index contributed by atoms with van der Waals surface area (Å²) in [6.07, 6.45) is 5.21. The van der Waals surface area contributed by atoms with Gasteiger partial charge in [-0.3, -0.25) is 9.59 Å². The first-order chi connectivity index (χ1) is 11.7. The van der Waals surface area contributed by atoms with Crippen molar-refractivity contribution in [3.05, 3.63) is 30.3 Å². The summed E-state index contributed by atoms with van der Waals surface area (Å²) in [5.74, 6) is 0.137. The van der Waals surface area contributed by atoms with Gasteiger partial charge in [-0.2, -0.15) is 0 Å². The van der Waals surface area contributed by atoms with Crippen molar-refractivity contribution >= 4 is 29.9 Å². The van der Waals surface area contributed by atoms with Crippen LogP contribution in [0, 0.1) is 0 Å². The van der Waals surface area contributed by atoms with Crippen LogP contribution in [0.4, 0.5) is 5.69 Å². The minimum Gasteiger partial charge on any atom is -0.331 e. The van der Waals surface area contributed by atoms with Crippen molar-refractivity contribution in [1.82, 2.24) is 4.90 Å². The average Bonchev–Trinajstić information content (AvgIpc) is 2.98. The van der Waals surface area contributed by atoms with Crippen LogP contribution < -0.4 is 10.6 Å². The molecule has 1 aliphatic heterocycles. The Morgan fingerprint density at radius 3 is 2.52 bits per heavy atom. The number of benzene rings is 1. The molecule has 0 bridgehead atoms. The van der Waals surface area contributed by atoms with Gasteiger partial charge in [-0.1, -0.05) is 31.0 Å². The van der Waals surface area contributed by atoms with Crippen LogP contribution in [0.3, 0.4) is 0 Å². The van der Waals surface area contributed by atoms with Gasteiger partial charge in [-0.15, -0.1) is 12.4 Å². The van der Waals surface area contributed by atoms with E-state index in [0.717, 1.165) is 31.4 Å². The Morgan fingerprint density at radius 1 is 1.20 bits per heavy atom. The highest BCUT2D eigenvalue weighted by Crippen LogP contribution is 2.24. The molecule has 0 saturated carbocycles. The van der Waals surface area contributed by atoms with E-state index in [2.05, 4.69) is 0 Å². The fourth-order valence-corrected chi connectivity index (χ4v) is 3.31. The molecule has 1 fully saturated rings. The summed E-state index contributed by atoms with van der Waals surface area (Å²) in [4.78, 5) is 28.8.